The molecule has 0 radical (unpaired) electrons. The average Bonchev–Trinajstić information content (AvgIpc) is 2.70. The summed E-state index contributed by atoms with van der Waals surface area (Å²) in [6, 6.07) is 2.80. The number of carboxylic acid groups (broad SMARTS) is 1. The summed E-state index contributed by atoms with van der Waals surface area (Å²) >= 11 is 0. The first-order chi connectivity index (χ1) is 13.8. The minimum Gasteiger partial charge on any atom is -0.481 e. The Bertz CT molecular complexity index is 1140. The Morgan fingerprint density at radius 1 is 1.45 bits per heavy atom. The Morgan fingerprint density at radius 3 is 2.83 bits per heavy atom. The van der Waals surface area contributed by atoms with Gasteiger partial charge >= 0.3 is 17.1 Å². The molecule has 1 aliphatic rings. The zero-order valence-electron chi connectivity index (χ0n) is 15.7. The Kier molecular flexibility index (Phi) is 5.71. The number of H-pyrrole nitrogens is 1. The van der Waals surface area contributed by atoms with E-state index < -0.39 is 22.0 Å². The van der Waals surface area contributed by atoms with Crippen molar-refractivity contribution >= 4 is 28.9 Å². The number of nitrogens with one attached hydrogen (secondary N) is 1. The summed E-state index contributed by atoms with van der Waals surface area (Å²) in [5, 5.41) is 20.5. The topological polar surface area (TPSA) is 148 Å². The van der Waals surface area contributed by atoms with Gasteiger partial charge in [0, 0.05) is 42.9 Å². The first-order valence-corrected chi connectivity index (χ1v) is 9.15. The van der Waals surface area contributed by atoms with Gasteiger partial charge in [0.1, 0.15) is 0 Å². The van der Waals surface area contributed by atoms with Crippen molar-refractivity contribution in [2.45, 2.75) is 38.6 Å². The van der Waals surface area contributed by atoms with Gasteiger partial charge in [-0.2, -0.15) is 0 Å². The van der Waals surface area contributed by atoms with Gasteiger partial charge in [0.15, 0.2) is 0 Å². The number of allylic oxidation sites excluding steroid dienone is 1. The van der Waals surface area contributed by atoms with Crippen molar-refractivity contribution in [2.24, 2.45) is 10.9 Å². The van der Waals surface area contributed by atoms with Crippen molar-refractivity contribution in [3.8, 4) is 0 Å². The molecule has 10 nitrogen and oxygen atoms in total. The van der Waals surface area contributed by atoms with Crippen molar-refractivity contribution in [3.63, 3.8) is 0 Å². The van der Waals surface area contributed by atoms with E-state index in [2.05, 4.69) is 9.98 Å². The molecule has 29 heavy (non-hydrogen) atoms. The largest absolute Gasteiger partial charge is 0.481 e. The highest BCUT2D eigenvalue weighted by Gasteiger charge is 2.27. The van der Waals surface area contributed by atoms with Crippen LogP contribution in [0.2, 0.25) is 0 Å². The maximum atomic E-state index is 12.4. The second-order valence-corrected chi connectivity index (χ2v) is 6.96. The summed E-state index contributed by atoms with van der Waals surface area (Å²) in [5.74, 6) is -1.32. The van der Waals surface area contributed by atoms with Gasteiger partial charge in [0.05, 0.1) is 16.0 Å². The van der Waals surface area contributed by atoms with Crippen molar-refractivity contribution in [3.05, 3.63) is 60.8 Å². The predicted molar refractivity (Wildman–Crippen MR) is 107 cm³/mol. The first kappa shape index (κ1) is 20.2. The Labute approximate surface area is 164 Å². The number of aliphatic carboxylic acids is 1. The second kappa shape index (κ2) is 8.21. The normalized spacial score (nSPS) is 16.8. The molecular formula is C19H20N4O6. The number of nitro groups is 1. The molecule has 0 amide bonds. The third-order valence-corrected chi connectivity index (χ3v) is 5.10. The molecule has 3 rings (SSSR count). The fourth-order valence-electron chi connectivity index (χ4n) is 3.52. The summed E-state index contributed by atoms with van der Waals surface area (Å²) in [5.41, 5.74) is -0.975. The van der Waals surface area contributed by atoms with Crippen LogP contribution in [-0.2, 0) is 11.3 Å². The van der Waals surface area contributed by atoms with Crippen LogP contribution in [0.5, 0.6) is 0 Å². The van der Waals surface area contributed by atoms with Crippen molar-refractivity contribution in [1.82, 2.24) is 9.55 Å². The molecule has 1 aromatic carbocycles. The van der Waals surface area contributed by atoms with Gasteiger partial charge in [-0.25, -0.2) is 0 Å². The van der Waals surface area contributed by atoms with Gasteiger partial charge in [0.2, 0.25) is 0 Å². The van der Waals surface area contributed by atoms with E-state index in [1.54, 1.807) is 18.5 Å². The molecule has 2 N–H and O–H groups in total. The predicted octanol–water partition coefficient (Wildman–Crippen LogP) is 2.17. The lowest BCUT2D eigenvalue weighted by Gasteiger charge is -2.21. The monoisotopic (exact) mass is 400 g/mol. The van der Waals surface area contributed by atoms with E-state index in [4.69, 9.17) is 5.11 Å². The van der Waals surface area contributed by atoms with Crippen LogP contribution in [0.15, 0.2) is 39.0 Å². The fraction of sp³-hybridized carbons (Fsp3) is 0.368. The molecule has 1 aromatic heterocycles. The Hall–Kier alpha value is -3.56. The van der Waals surface area contributed by atoms with Gasteiger partial charge in [-0.3, -0.25) is 29.5 Å². The molecule has 10 heteroatoms. The zero-order valence-corrected chi connectivity index (χ0v) is 15.7. The summed E-state index contributed by atoms with van der Waals surface area (Å²) in [7, 11) is 0. The summed E-state index contributed by atoms with van der Waals surface area (Å²) in [6.07, 6.45) is 5.95. The molecular weight excluding hydrogens is 380 g/mol. The number of hydrogen-bond acceptors (Lipinski definition) is 6. The molecule has 0 aliphatic carbocycles. The maximum Gasteiger partial charge on any atom is 0.316 e. The van der Waals surface area contributed by atoms with Crippen molar-refractivity contribution in [2.75, 3.05) is 0 Å². The van der Waals surface area contributed by atoms with Gasteiger partial charge < -0.3 is 14.7 Å². The van der Waals surface area contributed by atoms with Gasteiger partial charge in [-0.15, -0.1) is 0 Å². The zero-order chi connectivity index (χ0) is 21.1. The highest BCUT2D eigenvalue weighted by Crippen LogP contribution is 2.35. The molecule has 0 saturated carbocycles. The van der Waals surface area contributed by atoms with Gasteiger partial charge in [0.25, 0.3) is 5.69 Å². The third kappa shape index (κ3) is 4.15. The molecule has 0 fully saturated rings. The number of aryl methyl sites for hydroxylation is 1. The quantitative estimate of drug-likeness (QED) is 0.413. The summed E-state index contributed by atoms with van der Waals surface area (Å²) < 4.78 is 1.19. The number of benzene rings is 1. The van der Waals surface area contributed by atoms with Gasteiger partial charge in [-0.1, -0.05) is 13.0 Å². The smallest absolute Gasteiger partial charge is 0.316 e. The number of aromatic amines is 1. The van der Waals surface area contributed by atoms with Crippen LogP contribution in [0.3, 0.4) is 0 Å². The lowest BCUT2D eigenvalue weighted by molar-refractivity contribution is -0.385. The minimum absolute atomic E-state index is 0.0187. The maximum absolute atomic E-state index is 12.4. The Morgan fingerprint density at radius 2 is 2.21 bits per heavy atom. The van der Waals surface area contributed by atoms with E-state index in [0.717, 1.165) is 0 Å². The lowest BCUT2D eigenvalue weighted by atomic mass is 9.84. The summed E-state index contributed by atoms with van der Waals surface area (Å²) in [4.78, 5) is 52.8. The standard InChI is InChI=1S/C19H20N4O6/c1-11(12-4-2-6-20-10-12)13-8-16-14(9-15(13)23(28)29)21-18(26)19(27)22(16)7-3-5-17(24)25/h2,6,8-12H,3-5,7H2,1H3,(H,21,26)(H,24,25)/t11-,12?/m0/s1. The number of aromatic nitrogens is 2. The number of nitro benzene ring substituents is 1. The molecule has 1 aliphatic heterocycles. The van der Waals surface area contributed by atoms with Crippen LogP contribution in [0.1, 0.15) is 37.7 Å². The van der Waals surface area contributed by atoms with Crippen molar-refractivity contribution in [1.29, 1.82) is 0 Å². The van der Waals surface area contributed by atoms with Crippen LogP contribution >= 0.6 is 0 Å². The second-order valence-electron chi connectivity index (χ2n) is 6.96. The summed E-state index contributed by atoms with van der Waals surface area (Å²) in [6.45, 7) is 1.87. The SMILES string of the molecule is C[C@H](c1cc2c(cc1[N+](=O)[O-])[nH]c(=O)c(=O)n2CCCC(=O)O)C1C=NC=CC1. The fourth-order valence-corrected chi connectivity index (χ4v) is 3.52. The highest BCUT2D eigenvalue weighted by molar-refractivity contribution is 5.80. The molecule has 0 bridgehead atoms. The molecule has 0 saturated heterocycles. The van der Waals surface area contributed by atoms with E-state index in [1.807, 2.05) is 13.0 Å². The van der Waals surface area contributed by atoms with Gasteiger partial charge in [-0.05, 0) is 24.8 Å². The number of aliphatic imine (C=N–C) groups is 1. The van der Waals surface area contributed by atoms with E-state index >= 15 is 0 Å². The van der Waals surface area contributed by atoms with E-state index in [1.165, 1.54) is 10.6 Å². The average molecular weight is 400 g/mol. The number of nitrogens with zero attached hydrogens (tertiary/aromatic N) is 3. The van der Waals surface area contributed by atoms with Crippen molar-refractivity contribution < 1.29 is 14.8 Å². The molecule has 0 spiro atoms. The molecule has 152 valence electrons. The van der Waals surface area contributed by atoms with E-state index in [0.29, 0.717) is 17.5 Å². The van der Waals surface area contributed by atoms with Crippen LogP contribution in [-0.4, -0.2) is 31.8 Å². The third-order valence-electron chi connectivity index (χ3n) is 5.10. The lowest BCUT2D eigenvalue weighted by Crippen LogP contribution is -2.36. The number of hydrogen-bond donors (Lipinski definition) is 2. The number of fused-ring (bicyclic) bond motifs is 1. The molecule has 2 atom stereocenters. The molecule has 1 unspecified atom stereocenters. The van der Waals surface area contributed by atoms with E-state index in [9.17, 15) is 24.5 Å². The molecule has 2 aromatic rings. The minimum atomic E-state index is -1.01. The number of carboxylic acids is 1. The van der Waals surface area contributed by atoms with E-state index in [-0.39, 0.29) is 42.4 Å². The van der Waals surface area contributed by atoms with Crippen LogP contribution in [0.25, 0.3) is 11.0 Å². The highest BCUT2D eigenvalue weighted by atomic mass is 16.6. The van der Waals surface area contributed by atoms with Crippen LogP contribution in [0, 0.1) is 16.0 Å². The van der Waals surface area contributed by atoms with Crippen LogP contribution < -0.4 is 11.1 Å². The first-order valence-electron chi connectivity index (χ1n) is 9.15. The number of rotatable bonds is 7. The molecule has 2 heterocycles. The number of carbonyl (C=O) groups is 1. The Balaban J connectivity index is 2.17. The van der Waals surface area contributed by atoms with Crippen LogP contribution in [0.4, 0.5) is 5.69 Å².